The molecule has 0 saturated carbocycles. The smallest absolute Gasteiger partial charge is 0.273 e. The van der Waals surface area contributed by atoms with Gasteiger partial charge in [0, 0.05) is 80.8 Å². The van der Waals surface area contributed by atoms with E-state index in [-0.39, 0.29) is 35.1 Å². The highest BCUT2D eigenvalue weighted by atomic mass is 32.1. The first-order valence-electron chi connectivity index (χ1n) is 36.3. The summed E-state index contributed by atoms with van der Waals surface area (Å²) in [6, 6.07) is 73.0. The minimum Gasteiger partial charge on any atom is -0.440 e. The third-order valence-corrected chi connectivity index (χ3v) is 34.5. The van der Waals surface area contributed by atoms with Crippen molar-refractivity contribution in [3.63, 3.8) is 0 Å². The van der Waals surface area contributed by atoms with E-state index < -0.39 is 16.1 Å². The monoisotopic (exact) mass is 1390 g/mol. The fraction of sp³-hybridized carbons (Fsp3) is 0.233. The summed E-state index contributed by atoms with van der Waals surface area (Å²) in [7, 11) is -4.42. The molecule has 0 saturated heterocycles. The van der Waals surface area contributed by atoms with Crippen LogP contribution < -0.4 is 81.2 Å². The summed E-state index contributed by atoms with van der Waals surface area (Å²) in [6.07, 6.45) is 4.44. The fourth-order valence-electron chi connectivity index (χ4n) is 19.2. The molecule has 0 unspecified atom stereocenters. The van der Waals surface area contributed by atoms with Crippen molar-refractivity contribution in [3.8, 4) is 23.3 Å². The number of aromatic nitrogens is 4. The van der Waals surface area contributed by atoms with Gasteiger partial charge in [0.05, 0.1) is 11.4 Å². The highest BCUT2D eigenvalue weighted by Gasteiger charge is 2.53. The number of nitrogens with zero attached hydrogens (tertiary/aromatic N) is 8. The summed E-state index contributed by atoms with van der Waals surface area (Å²) in [4.78, 5) is 33.4. The predicted octanol–water partition coefficient (Wildman–Crippen LogP) is 16.4. The van der Waals surface area contributed by atoms with Gasteiger partial charge in [-0.3, -0.25) is 19.6 Å². The normalized spacial score (nSPS) is 18.4. The van der Waals surface area contributed by atoms with E-state index >= 15 is 0 Å². The van der Waals surface area contributed by atoms with Crippen molar-refractivity contribution in [2.45, 2.75) is 129 Å². The number of hydrogen-bond donors (Lipinski definition) is 0. The van der Waals surface area contributed by atoms with Crippen molar-refractivity contribution >= 4 is 194 Å². The van der Waals surface area contributed by atoms with E-state index in [1.807, 2.05) is 22.7 Å². The first kappa shape index (κ1) is 61.1. The molecule has 16 heteroatoms. The summed E-state index contributed by atoms with van der Waals surface area (Å²) < 4.78 is 20.3. The molecule has 4 aromatic heterocycles. The molecule has 0 N–H and O–H groups in total. The van der Waals surface area contributed by atoms with Crippen LogP contribution in [-0.2, 0) is 21.7 Å². The standard InChI is InChI=1S/C86H76B2N8O2S2Si2/c1-83(2)41-43-85(5,6)55-45-49(37-39-53(55)83)93-73-51-25-13-19-31-65(51)99-75(73)87-57-47-58-64(48-63(57)97-79-71(87)77(93)89-81(91-79)95-59-27-15-21-33-67(59)101(9,10)68-34-22-16-28-60(68)95)98-80-72-78(90-82(92-80)96-61-29-17-23-35-69(61)102(11,12)70-36-24-18-30-62(70)96)94(74-52-26-14-20-32-66(52)100-76(74)88(58)72)50-38-40-54-56(46-50)86(7,8)44-42-84(54,3)4/h13-40,45-48H,41-44H2,1-12H3. The Morgan fingerprint density at radius 1 is 0.373 bits per heavy atom. The molecule has 0 radical (unpaired) electrons. The maximum atomic E-state index is 7.73. The molecular formula is C86H76B2N8O2S2Si2. The first-order valence-corrected chi connectivity index (χ1v) is 44.0. The van der Waals surface area contributed by atoms with Crippen molar-refractivity contribution < 1.29 is 9.47 Å². The van der Waals surface area contributed by atoms with Gasteiger partial charge < -0.3 is 9.47 Å². The van der Waals surface area contributed by atoms with Crippen LogP contribution in [0.5, 0.6) is 23.3 Å². The van der Waals surface area contributed by atoms with Crippen LogP contribution >= 0.6 is 22.7 Å². The number of para-hydroxylation sites is 4. The number of benzene rings is 9. The minimum atomic E-state index is -2.21. The summed E-state index contributed by atoms with van der Waals surface area (Å²) in [6.45, 7) is 28.6. The zero-order chi connectivity index (χ0) is 69.2. The number of rotatable bonds is 4. The van der Waals surface area contributed by atoms with Crippen LogP contribution in [0.3, 0.4) is 0 Å². The van der Waals surface area contributed by atoms with Crippen LogP contribution in [-0.4, -0.2) is 49.5 Å². The van der Waals surface area contributed by atoms with Crippen LogP contribution in [0.25, 0.3) is 20.2 Å². The molecule has 0 bridgehead atoms. The fourth-order valence-corrected chi connectivity index (χ4v) is 27.8. The Hall–Kier alpha value is -9.58. The average Bonchev–Trinajstić information content (AvgIpc) is 1.26. The van der Waals surface area contributed by atoms with E-state index in [9.17, 15) is 0 Å². The van der Waals surface area contributed by atoms with Crippen molar-refractivity contribution in [1.29, 1.82) is 0 Å². The number of anilines is 12. The SMILES string of the molecule is CC1(C)CCC(C)(C)c2cc(N3c4nc(N5c6ccccc6[Si](C)(C)c6ccccc65)nc5c4B(c4cc6c(cc4O5)Oc4nc(N5c7ccccc7[Si](C)(C)c7ccccc75)nc5c4B6c4sc6ccccc6c4N5c4ccc5c(c4)C(C)(C)CCC5(C)C)c4sc5ccccc5c43)ccc21. The molecule has 8 aliphatic rings. The van der Waals surface area contributed by atoms with Gasteiger partial charge in [0.1, 0.15) is 39.3 Å². The van der Waals surface area contributed by atoms with Gasteiger partial charge in [-0.1, -0.05) is 209 Å². The molecule has 0 atom stereocenters. The van der Waals surface area contributed by atoms with Crippen molar-refractivity contribution in [2.75, 3.05) is 19.6 Å². The topological polar surface area (TPSA) is 83.0 Å². The Labute approximate surface area is 606 Å². The lowest BCUT2D eigenvalue weighted by molar-refractivity contribution is 0.332. The molecule has 10 heterocycles. The molecule has 10 nitrogen and oxygen atoms in total. The van der Waals surface area contributed by atoms with Crippen LogP contribution in [0.4, 0.5) is 69.0 Å². The summed E-state index contributed by atoms with van der Waals surface area (Å²) >= 11 is 3.75. The molecule has 0 spiro atoms. The van der Waals surface area contributed by atoms with Gasteiger partial charge in [0.25, 0.3) is 13.4 Å². The Kier molecular flexibility index (Phi) is 12.4. The third kappa shape index (κ3) is 8.23. The van der Waals surface area contributed by atoms with Crippen LogP contribution in [0, 0.1) is 0 Å². The predicted molar refractivity (Wildman–Crippen MR) is 434 cm³/mol. The molecule has 0 amide bonds. The summed E-state index contributed by atoms with van der Waals surface area (Å²) in [5, 5.41) is 7.73. The third-order valence-electron chi connectivity index (χ3n) is 25.0. The molecule has 102 heavy (non-hydrogen) atoms. The lowest BCUT2D eigenvalue weighted by Gasteiger charge is -2.44. The quantitative estimate of drug-likeness (QED) is 0.159. The molecular weight excluding hydrogens is 1320 g/mol. The average molecular weight is 1400 g/mol. The van der Waals surface area contributed by atoms with E-state index in [1.165, 1.54) is 72.7 Å². The molecule has 9 aromatic carbocycles. The zero-order valence-electron chi connectivity index (χ0n) is 59.7. The molecule has 2 aliphatic carbocycles. The van der Waals surface area contributed by atoms with Crippen molar-refractivity contribution in [1.82, 2.24) is 19.9 Å². The lowest BCUT2D eigenvalue weighted by atomic mass is 9.34. The second-order valence-electron chi connectivity index (χ2n) is 33.4. The van der Waals surface area contributed by atoms with E-state index in [0.717, 1.165) is 105 Å². The Morgan fingerprint density at radius 3 is 1.10 bits per heavy atom. The van der Waals surface area contributed by atoms with Gasteiger partial charge in [-0.15, -0.1) is 22.7 Å². The largest absolute Gasteiger partial charge is 0.440 e. The molecule has 498 valence electrons. The second kappa shape index (κ2) is 20.6. The zero-order valence-corrected chi connectivity index (χ0v) is 63.3. The van der Waals surface area contributed by atoms with Gasteiger partial charge in [0.15, 0.2) is 0 Å². The highest BCUT2D eigenvalue weighted by molar-refractivity contribution is 7.34. The minimum absolute atomic E-state index is 0.0213. The Bertz CT molecular complexity index is 5470. The van der Waals surface area contributed by atoms with E-state index in [0.29, 0.717) is 35.2 Å². The second-order valence-corrected chi connectivity index (χ2v) is 44.2. The number of thiophene rings is 2. The molecule has 21 rings (SSSR count). The summed E-state index contributed by atoms with van der Waals surface area (Å²) in [5.74, 6) is 5.21. The Balaban J connectivity index is 0.831. The van der Waals surface area contributed by atoms with Crippen LogP contribution in [0.1, 0.15) is 103 Å². The highest BCUT2D eigenvalue weighted by Crippen LogP contribution is 2.55. The maximum Gasteiger partial charge on any atom is 0.273 e. The van der Waals surface area contributed by atoms with Gasteiger partial charge in [-0.05, 0) is 162 Å². The van der Waals surface area contributed by atoms with E-state index in [1.54, 1.807) is 0 Å². The molecule has 0 fully saturated rings. The molecule has 6 aliphatic heterocycles. The van der Waals surface area contributed by atoms with Gasteiger partial charge in [-0.2, -0.15) is 19.9 Å². The number of fused-ring (bicyclic) bond motifs is 18. The van der Waals surface area contributed by atoms with Gasteiger partial charge in [0.2, 0.25) is 23.7 Å². The first-order chi connectivity index (χ1) is 49.1. The number of ether oxygens (including phenoxy) is 2. The van der Waals surface area contributed by atoms with Crippen LogP contribution in [0.2, 0.25) is 26.2 Å². The lowest BCUT2D eigenvalue weighted by Crippen LogP contribution is -2.63. The number of hydrogen-bond acceptors (Lipinski definition) is 12. The Morgan fingerprint density at radius 2 is 0.716 bits per heavy atom. The van der Waals surface area contributed by atoms with Crippen molar-refractivity contribution in [2.24, 2.45) is 0 Å². The van der Waals surface area contributed by atoms with E-state index in [4.69, 9.17) is 29.4 Å². The van der Waals surface area contributed by atoms with E-state index in [2.05, 4.69) is 295 Å². The van der Waals surface area contributed by atoms with Gasteiger partial charge >= 0.3 is 0 Å². The maximum absolute atomic E-state index is 7.73. The van der Waals surface area contributed by atoms with Gasteiger partial charge in [-0.25, -0.2) is 0 Å². The molecule has 13 aromatic rings. The summed E-state index contributed by atoms with van der Waals surface area (Å²) in [5.41, 5.74) is 18.4. The van der Waals surface area contributed by atoms with Crippen LogP contribution in [0.15, 0.2) is 194 Å². The van der Waals surface area contributed by atoms with Crippen molar-refractivity contribution in [3.05, 3.63) is 216 Å².